The van der Waals surface area contributed by atoms with Crippen molar-refractivity contribution in [2.75, 3.05) is 238 Å². The van der Waals surface area contributed by atoms with Gasteiger partial charge in [-0.15, -0.1) is 0 Å². The van der Waals surface area contributed by atoms with Crippen molar-refractivity contribution in [3.8, 4) is 0 Å². The molecular weight excluding hydrogens is 2590 g/mol. The molecule has 2 amide bonds. The van der Waals surface area contributed by atoms with Crippen molar-refractivity contribution >= 4 is 19.6 Å². The Morgan fingerprint density at radius 2 is 0.791 bits per heavy atom. The Kier molecular flexibility index (Phi) is 140. The molecule has 4 aliphatic rings. The van der Waals surface area contributed by atoms with E-state index in [1.165, 1.54) is 58.0 Å². The van der Waals surface area contributed by atoms with Gasteiger partial charge in [0.15, 0.2) is 0 Å². The van der Waals surface area contributed by atoms with Gasteiger partial charge >= 0.3 is 13.7 Å². The normalized spacial score (nSPS) is 19.6. The van der Waals surface area contributed by atoms with Crippen LogP contribution in [0.15, 0.2) is 11.6 Å². The number of alkyl carbamates (subject to hydrolysis) is 1. The van der Waals surface area contributed by atoms with E-state index >= 15 is 0 Å². The van der Waals surface area contributed by atoms with E-state index in [2.05, 4.69) is 51.3 Å². The summed E-state index contributed by atoms with van der Waals surface area (Å²) in [6.07, 6.45) is 19.6. The Hall–Kier alpha value is 14.5. The minimum Gasteiger partial charge on any atom is -0.446 e. The van der Waals surface area contributed by atoms with E-state index in [1.54, 1.807) is 5.57 Å². The molecule has 0 bridgehead atoms. The summed E-state index contributed by atoms with van der Waals surface area (Å²) in [5, 5.41) is 5.75. The maximum absolute atomic E-state index is 12.8. The minimum atomic E-state index is -3.40. The summed E-state index contributed by atoms with van der Waals surface area (Å²) in [6, 6.07) is 0. The largest absolute Gasteiger partial charge is 0.446 e. The summed E-state index contributed by atoms with van der Waals surface area (Å²) in [5.74, 6) is 4.87. The summed E-state index contributed by atoms with van der Waals surface area (Å²) >= 11 is 0. The number of unbranched alkanes of at least 4 members (excludes halogenated alkanes) is 3. The van der Waals surface area contributed by atoms with Crippen LogP contribution >= 0.6 is 7.60 Å². The zero-order chi connectivity index (χ0) is 68.2. The first-order valence-electron chi connectivity index (χ1n) is 36.3. The van der Waals surface area contributed by atoms with Crippen LogP contribution in [0.3, 0.4) is 0 Å². The summed E-state index contributed by atoms with van der Waals surface area (Å²) in [4.78, 5) is 33.7. The number of hydrogen-bond acceptors (Lipinski definition) is 21. The molecule has 0 aromatic rings. The van der Waals surface area contributed by atoms with Gasteiger partial charge in [-0.2, -0.15) is 0 Å². The molecule has 110 heavy (non-hydrogen) atoms. The number of carbonyl (C=O) groups is 2. The second-order valence-electron chi connectivity index (χ2n) is 26.4. The number of amides is 2. The van der Waals surface area contributed by atoms with Crippen molar-refractivity contribution in [2.45, 2.75) is 143 Å². The van der Waals surface area contributed by atoms with E-state index in [1.807, 2.05) is 0 Å². The number of ether oxygens (including phenoxy) is 17. The number of carbonyl (C=O) groups excluding carboxylic acids is 2. The van der Waals surface area contributed by atoms with Crippen LogP contribution in [0.1, 0.15) is 137 Å². The van der Waals surface area contributed by atoms with Crippen LogP contribution in [0.4, 0.5) is 4.79 Å². The monoisotopic (exact) mass is 2720 g/mol. The van der Waals surface area contributed by atoms with Crippen LogP contribution in [0.25, 0.3) is 0 Å². The molecule has 4 rings (SSSR count). The van der Waals surface area contributed by atoms with Crippen LogP contribution in [-0.2, 0) is 585 Å². The Bertz CT molecular complexity index is 2020. The maximum Gasteiger partial charge on any atom is 0.407 e. The van der Waals surface area contributed by atoms with Crippen molar-refractivity contribution in [3.05, 3.63) is 11.6 Å². The van der Waals surface area contributed by atoms with Gasteiger partial charge in [-0.25, -0.2) is 4.79 Å². The third kappa shape index (κ3) is 77.8. The maximum atomic E-state index is 12.8. The van der Waals surface area contributed by atoms with E-state index in [9.17, 15) is 14.2 Å². The average molecular weight is 2720 g/mol. The van der Waals surface area contributed by atoms with Crippen molar-refractivity contribution in [1.29, 1.82) is 0 Å². The second kappa shape index (κ2) is 102. The first-order chi connectivity index (χ1) is 46.2. The molecule has 0 aromatic heterocycles. The average Bonchev–Trinajstić information content (AvgIpc) is 1.40. The summed E-state index contributed by atoms with van der Waals surface area (Å²) in [6.45, 7) is 29.7. The molecule has 0 aromatic carbocycles. The zero-order valence-electron chi connectivity index (χ0n) is 68.3. The molecule has 3 N–H and O–H groups in total. The Labute approximate surface area is 1040 Å². The van der Waals surface area contributed by atoms with Crippen molar-refractivity contribution in [1.82, 2.24) is 10.6 Å². The number of nitrogens with one attached hydrogen (secondary N) is 2. The smallest absolute Gasteiger partial charge is 0.407 e. The first kappa shape index (κ1) is 150. The molecule has 15 radical (unpaired) electrons. The second-order valence-corrected chi connectivity index (χ2v) is 28.3. The topological polar surface area (TPSA) is 262 Å². The van der Waals surface area contributed by atoms with Gasteiger partial charge in [0.05, 0.1) is 218 Å². The molecule has 40 heteroatoms. The Morgan fingerprint density at radius 1 is 0.427 bits per heavy atom. The van der Waals surface area contributed by atoms with Crippen LogP contribution in [0, 0.1) is 46.3 Å². The van der Waals surface area contributed by atoms with Crippen molar-refractivity contribution < 1.29 is 595 Å². The fourth-order valence-corrected chi connectivity index (χ4v) is 14.3. The van der Waals surface area contributed by atoms with Gasteiger partial charge in [-0.3, -0.25) is 9.36 Å². The predicted molar refractivity (Wildman–Crippen MR) is 362 cm³/mol. The molecule has 3 fully saturated rings. The summed E-state index contributed by atoms with van der Waals surface area (Å²) < 4.78 is 111. The third-order valence-corrected chi connectivity index (χ3v) is 19.5. The van der Waals surface area contributed by atoms with Gasteiger partial charge in [0.1, 0.15) is 6.10 Å². The fraction of sp³-hybridized carbons (Fsp3) is 0.943. The van der Waals surface area contributed by atoms with E-state index in [4.69, 9.17) is 89.9 Å². The van der Waals surface area contributed by atoms with Gasteiger partial charge in [-0.1, -0.05) is 78.4 Å². The molecule has 0 spiro atoms. The molecule has 3 saturated carbocycles. The molecule has 4 aliphatic carbocycles. The van der Waals surface area contributed by atoms with Crippen molar-refractivity contribution in [2.24, 2.45) is 46.3 Å². The molecule has 9 atom stereocenters. The fourth-order valence-electron chi connectivity index (χ4n) is 13.9. The molecular formula is C70H131N2O22PY15. The van der Waals surface area contributed by atoms with Crippen LogP contribution in [0.5, 0.6) is 0 Å². The van der Waals surface area contributed by atoms with E-state index in [-0.39, 0.29) is 521 Å². The molecule has 0 saturated heterocycles. The summed E-state index contributed by atoms with van der Waals surface area (Å²) in [5.41, 5.74) is 2.28. The van der Waals surface area contributed by atoms with Crippen LogP contribution in [-0.4, -0.2) is 261 Å². The summed E-state index contributed by atoms with van der Waals surface area (Å²) in [7, 11) is -3.40. The minimum absolute atomic E-state index is 0. The van der Waals surface area contributed by atoms with E-state index in [0.29, 0.717) is 243 Å². The van der Waals surface area contributed by atoms with Crippen LogP contribution in [0.2, 0.25) is 0 Å². The SMILES string of the molecule is CC(C)CCC[C@@H](C)[C@H]1CC[C@H]2[C@@H]3CC=C4C[C@@H](OC(=O)NCCOCCOCCOCCOCCOCCOCCOCCOCCOCCOCCOCCOCCOCCOCCOCCOCCC(=O)NCCCCCCOP(C)(=O)O)CC[C@]4(C)[C@H]3CC[C@]12C.[Y].[Y].[Y].[Y].[Y].[Y].[Y].[Y].[Y].[Y].[Y].[Y].[Y].[Y].[Y]. The number of allylic oxidation sites excluding steroid dienone is 1. The molecule has 0 aliphatic heterocycles. The number of hydrogen-bond donors (Lipinski definition) is 3. The number of fused-ring (bicyclic) bond motifs is 5. The number of rotatable bonds is 65. The molecule has 603 valence electrons. The van der Waals surface area contributed by atoms with E-state index < -0.39 is 7.60 Å². The van der Waals surface area contributed by atoms with Gasteiger partial charge in [0, 0.05) is 523 Å². The van der Waals surface area contributed by atoms with E-state index in [0.717, 1.165) is 74.0 Å². The van der Waals surface area contributed by atoms with Crippen LogP contribution < -0.4 is 10.6 Å². The zero-order valence-corrected chi connectivity index (χ0v) is 112. The van der Waals surface area contributed by atoms with Gasteiger partial charge in [0.25, 0.3) is 0 Å². The standard InChI is InChI=1S/C70H131N2O22P.15Y/c1-59(2)12-11-13-60(3)64-16-17-65-63-15-14-61-58-62(18-21-69(61,4)66(63)19-22-70(64,65)5)94-68(74)72-24-27-78-29-31-80-33-35-82-37-39-84-41-43-86-45-47-88-49-51-90-53-55-92-57-56-91-54-52-89-50-48-87-46-44-85-42-40-83-38-36-81-34-32-79-30-28-77-26-20-67(73)71-23-9-7-8-10-25-93-95(6,75)76;;;;;;;;;;;;;;;/h14,59-60,62-66H,7-13,15-58H2,1-6H3,(H,71,73)(H,72,74)(H,75,76);;;;;;;;;;;;;;;/t60-,62+,63+,64-,65+,66+,69+,70-;;;;;;;;;;;;;;;/m1.............../s1. The van der Waals surface area contributed by atoms with Gasteiger partial charge < -0.3 is 101 Å². The Balaban J connectivity index is -0.000000640. The Morgan fingerprint density at radius 3 is 1.16 bits per heavy atom. The predicted octanol–water partition coefficient (Wildman–Crippen LogP) is 9.25. The first-order valence-corrected chi connectivity index (χ1v) is 38.3. The molecule has 24 nitrogen and oxygen atoms in total. The van der Waals surface area contributed by atoms with Gasteiger partial charge in [0.2, 0.25) is 5.91 Å². The third-order valence-electron chi connectivity index (χ3n) is 18.8. The molecule has 1 unspecified atom stereocenters. The molecule has 0 heterocycles. The van der Waals surface area contributed by atoms with Crippen molar-refractivity contribution in [3.63, 3.8) is 0 Å². The van der Waals surface area contributed by atoms with Gasteiger partial charge in [-0.05, 0) is 104 Å². The quantitative estimate of drug-likeness (QED) is 0.0291.